The second-order valence-electron chi connectivity index (χ2n) is 7.91. The Balaban J connectivity index is 1.38. The number of nitrogens with zero attached hydrogens (tertiary/aromatic N) is 7. The molecule has 5 rings (SSSR count). The number of hydrogen-bond acceptors (Lipinski definition) is 7. The molecule has 0 amide bonds. The van der Waals surface area contributed by atoms with Crippen molar-refractivity contribution in [2.75, 3.05) is 31.1 Å². The third-order valence-corrected chi connectivity index (χ3v) is 8.23. The van der Waals surface area contributed by atoms with Crippen molar-refractivity contribution in [3.8, 4) is 0 Å². The number of sulfonamides is 1. The van der Waals surface area contributed by atoms with Gasteiger partial charge in [-0.15, -0.1) is 0 Å². The molecule has 2 saturated heterocycles. The van der Waals surface area contributed by atoms with Gasteiger partial charge in [0.1, 0.15) is 11.2 Å². The Labute approximate surface area is 169 Å². The number of anilines is 1. The zero-order valence-corrected chi connectivity index (χ0v) is 17.5. The minimum absolute atomic E-state index is 0.274. The molecule has 2 unspecified atom stereocenters. The Hall–Kier alpha value is -2.53. The highest BCUT2D eigenvalue weighted by atomic mass is 32.2. The molecule has 2 aliphatic heterocycles. The number of aromatic amines is 1. The van der Waals surface area contributed by atoms with Crippen LogP contribution in [0.4, 0.5) is 5.82 Å². The molecule has 2 atom stereocenters. The molecule has 3 aromatic rings. The van der Waals surface area contributed by atoms with E-state index in [-0.39, 0.29) is 11.8 Å². The maximum Gasteiger partial charge on any atom is 0.246 e. The maximum absolute atomic E-state index is 13.1. The molecule has 0 radical (unpaired) electrons. The van der Waals surface area contributed by atoms with E-state index in [1.165, 1.54) is 0 Å². The van der Waals surface area contributed by atoms with E-state index in [1.807, 2.05) is 4.57 Å². The van der Waals surface area contributed by atoms with Crippen LogP contribution < -0.4 is 4.90 Å². The minimum atomic E-state index is -3.54. The van der Waals surface area contributed by atoms with E-state index in [9.17, 15) is 8.42 Å². The quantitative estimate of drug-likeness (QED) is 0.673. The lowest BCUT2D eigenvalue weighted by atomic mass is 10.0. The fraction of sp³-hybridized carbons (Fsp3) is 0.556. The fourth-order valence-corrected chi connectivity index (χ4v) is 6.59. The lowest BCUT2D eigenvalue weighted by molar-refractivity contribution is 0.452. The van der Waals surface area contributed by atoms with Crippen molar-refractivity contribution in [2.45, 2.75) is 32.2 Å². The van der Waals surface area contributed by atoms with Crippen molar-refractivity contribution in [2.24, 2.45) is 11.8 Å². The van der Waals surface area contributed by atoms with Crippen molar-refractivity contribution in [3.63, 3.8) is 0 Å². The van der Waals surface area contributed by atoms with Crippen LogP contribution >= 0.6 is 0 Å². The van der Waals surface area contributed by atoms with Crippen LogP contribution in [0.1, 0.15) is 18.3 Å². The average Bonchev–Trinajstić information content (AvgIpc) is 3.43. The summed E-state index contributed by atoms with van der Waals surface area (Å²) in [5.74, 6) is 1.39. The molecular weight excluding hydrogens is 392 g/mol. The van der Waals surface area contributed by atoms with Gasteiger partial charge in [0.05, 0.1) is 17.7 Å². The third kappa shape index (κ3) is 2.75. The van der Waals surface area contributed by atoms with Gasteiger partial charge in [-0.25, -0.2) is 23.4 Å². The molecule has 3 aromatic heterocycles. The molecule has 5 heterocycles. The zero-order chi connectivity index (χ0) is 20.3. The second kappa shape index (κ2) is 6.49. The van der Waals surface area contributed by atoms with Gasteiger partial charge in [-0.3, -0.25) is 5.10 Å². The predicted molar refractivity (Wildman–Crippen MR) is 107 cm³/mol. The summed E-state index contributed by atoms with van der Waals surface area (Å²) in [6.07, 6.45) is 3.38. The number of hydrogen-bond donors (Lipinski definition) is 1. The Kier molecular flexibility index (Phi) is 4.14. The number of aromatic nitrogens is 6. The van der Waals surface area contributed by atoms with Gasteiger partial charge in [-0.1, -0.05) is 0 Å². The summed E-state index contributed by atoms with van der Waals surface area (Å²) >= 11 is 0. The van der Waals surface area contributed by atoms with Gasteiger partial charge in [0, 0.05) is 32.7 Å². The number of imidazole rings is 1. The monoisotopic (exact) mass is 416 g/mol. The van der Waals surface area contributed by atoms with Gasteiger partial charge in [-0.05, 0) is 32.6 Å². The summed E-state index contributed by atoms with van der Waals surface area (Å²) in [6.45, 7) is 8.91. The molecule has 10 nitrogen and oxygen atoms in total. The van der Waals surface area contributed by atoms with Crippen molar-refractivity contribution in [1.29, 1.82) is 0 Å². The first-order chi connectivity index (χ1) is 13.9. The van der Waals surface area contributed by atoms with Crippen molar-refractivity contribution >= 4 is 27.0 Å². The largest absolute Gasteiger partial charge is 0.354 e. The summed E-state index contributed by atoms with van der Waals surface area (Å²) in [6, 6.07) is 0. The Morgan fingerprint density at radius 2 is 1.83 bits per heavy atom. The molecule has 11 heteroatoms. The van der Waals surface area contributed by atoms with Gasteiger partial charge in [-0.2, -0.15) is 9.40 Å². The van der Waals surface area contributed by atoms with E-state index in [1.54, 1.807) is 30.8 Å². The molecule has 0 aromatic carbocycles. The molecule has 2 aliphatic rings. The van der Waals surface area contributed by atoms with Crippen LogP contribution in [-0.4, -0.2) is 68.6 Å². The summed E-state index contributed by atoms with van der Waals surface area (Å²) in [5.41, 5.74) is 2.76. The van der Waals surface area contributed by atoms with Crippen molar-refractivity contribution in [1.82, 2.24) is 34.0 Å². The van der Waals surface area contributed by atoms with Gasteiger partial charge in [0.25, 0.3) is 0 Å². The number of rotatable bonds is 4. The highest BCUT2D eigenvalue weighted by Gasteiger charge is 2.45. The molecule has 1 N–H and O–H groups in total. The highest BCUT2D eigenvalue weighted by molar-refractivity contribution is 7.89. The van der Waals surface area contributed by atoms with Crippen LogP contribution in [-0.2, 0) is 16.6 Å². The van der Waals surface area contributed by atoms with Gasteiger partial charge in [0.15, 0.2) is 17.0 Å². The first-order valence-electron chi connectivity index (χ1n) is 9.82. The Bertz CT molecular complexity index is 1150. The molecule has 0 bridgehead atoms. The zero-order valence-electron chi connectivity index (χ0n) is 16.7. The van der Waals surface area contributed by atoms with Crippen LogP contribution in [0.15, 0.2) is 17.6 Å². The lowest BCUT2D eigenvalue weighted by Gasteiger charge is -2.22. The Morgan fingerprint density at radius 3 is 2.45 bits per heavy atom. The van der Waals surface area contributed by atoms with Crippen molar-refractivity contribution < 1.29 is 8.42 Å². The van der Waals surface area contributed by atoms with E-state index in [2.05, 4.69) is 37.0 Å². The number of H-pyrrole nitrogens is 1. The molecule has 0 aliphatic carbocycles. The molecule has 2 fully saturated rings. The molecular formula is C18H24N8O2S. The Morgan fingerprint density at radius 1 is 1.10 bits per heavy atom. The molecule has 29 heavy (non-hydrogen) atoms. The molecule has 0 saturated carbocycles. The topological polar surface area (TPSA) is 113 Å². The van der Waals surface area contributed by atoms with E-state index >= 15 is 0 Å². The number of aryl methyl sites for hydroxylation is 3. The number of fused-ring (bicyclic) bond motifs is 2. The van der Waals surface area contributed by atoms with Crippen LogP contribution in [0.25, 0.3) is 11.2 Å². The minimum Gasteiger partial charge on any atom is -0.354 e. The predicted octanol–water partition coefficient (Wildman–Crippen LogP) is 0.943. The van der Waals surface area contributed by atoms with Crippen LogP contribution in [0.5, 0.6) is 0 Å². The summed E-state index contributed by atoms with van der Waals surface area (Å²) in [7, 11) is -3.54. The summed E-state index contributed by atoms with van der Waals surface area (Å²) in [4.78, 5) is 15.9. The van der Waals surface area contributed by atoms with Crippen LogP contribution in [0.2, 0.25) is 0 Å². The van der Waals surface area contributed by atoms with Gasteiger partial charge < -0.3 is 9.47 Å². The highest BCUT2D eigenvalue weighted by Crippen LogP contribution is 2.37. The van der Waals surface area contributed by atoms with Crippen molar-refractivity contribution in [3.05, 3.63) is 24.0 Å². The maximum atomic E-state index is 13.1. The van der Waals surface area contributed by atoms with Crippen LogP contribution in [0.3, 0.4) is 0 Å². The first-order valence-corrected chi connectivity index (χ1v) is 11.3. The fourth-order valence-electron chi connectivity index (χ4n) is 4.70. The van der Waals surface area contributed by atoms with Gasteiger partial charge in [0.2, 0.25) is 10.0 Å². The molecule has 154 valence electrons. The first kappa shape index (κ1) is 18.5. The second-order valence-corrected chi connectivity index (χ2v) is 9.79. The van der Waals surface area contributed by atoms with E-state index in [4.69, 9.17) is 0 Å². The van der Waals surface area contributed by atoms with Gasteiger partial charge >= 0.3 is 0 Å². The summed E-state index contributed by atoms with van der Waals surface area (Å²) in [5, 5.41) is 6.84. The average molecular weight is 417 g/mol. The normalized spacial score (nSPS) is 22.7. The lowest BCUT2D eigenvalue weighted by Crippen LogP contribution is -2.34. The van der Waals surface area contributed by atoms with Crippen LogP contribution in [0, 0.1) is 25.7 Å². The van der Waals surface area contributed by atoms with E-state index < -0.39 is 10.0 Å². The SMILES string of the molecule is CCn1cnc2c(N3CC4CN(S(=O)(=O)c5c(C)n[nH]c5C)CC4C3)ncnc21. The standard InChI is InChI=1S/C18H24N8O2S/c1-4-24-10-21-15-17(24)19-9-20-18(15)25-5-13-7-26(8-14(13)6-25)29(27,28)16-11(2)22-23-12(16)3/h9-10,13-14H,4-8H2,1-3H3,(H,22,23). The number of nitrogens with one attached hydrogen (secondary N) is 1. The van der Waals surface area contributed by atoms with E-state index in [0.717, 1.165) is 36.6 Å². The van der Waals surface area contributed by atoms with E-state index in [0.29, 0.717) is 29.4 Å². The summed E-state index contributed by atoms with van der Waals surface area (Å²) < 4.78 is 29.9. The smallest absolute Gasteiger partial charge is 0.246 e. The molecule has 0 spiro atoms. The third-order valence-electron chi connectivity index (χ3n) is 6.13.